The van der Waals surface area contributed by atoms with Crippen LogP contribution in [0.4, 0.5) is 5.69 Å². The first kappa shape index (κ1) is 11.1. The summed E-state index contributed by atoms with van der Waals surface area (Å²) in [4.78, 5) is 0. The van der Waals surface area contributed by atoms with E-state index in [9.17, 15) is 0 Å². The second kappa shape index (κ2) is 4.31. The van der Waals surface area contributed by atoms with E-state index in [1.54, 1.807) is 0 Å². The predicted octanol–water partition coefficient (Wildman–Crippen LogP) is 1.93. The fraction of sp³-hybridized carbons (Fsp3) is 0.571. The quantitative estimate of drug-likeness (QED) is 0.817. The summed E-state index contributed by atoms with van der Waals surface area (Å²) in [6, 6.07) is 9.00. The van der Waals surface area contributed by atoms with Crippen LogP contribution in [-0.2, 0) is 4.74 Å². The average molecular weight is 232 g/mol. The van der Waals surface area contributed by atoms with E-state index in [0.717, 1.165) is 32.5 Å². The maximum Gasteiger partial charge on any atom is 0.0839 e. The van der Waals surface area contributed by atoms with Gasteiger partial charge in [0, 0.05) is 18.7 Å². The van der Waals surface area contributed by atoms with Crippen LogP contribution in [0.2, 0.25) is 0 Å². The van der Waals surface area contributed by atoms with Crippen molar-refractivity contribution in [1.29, 1.82) is 0 Å². The van der Waals surface area contributed by atoms with Crippen LogP contribution in [0.1, 0.15) is 18.4 Å². The molecule has 2 saturated heterocycles. The molecule has 0 saturated carbocycles. The molecule has 0 unspecified atom stereocenters. The van der Waals surface area contributed by atoms with Gasteiger partial charge < -0.3 is 15.4 Å². The van der Waals surface area contributed by atoms with Gasteiger partial charge in [0.05, 0.1) is 18.2 Å². The van der Waals surface area contributed by atoms with Crippen LogP contribution in [-0.4, -0.2) is 31.3 Å². The molecule has 0 amide bonds. The summed E-state index contributed by atoms with van der Waals surface area (Å²) in [5, 5.41) is 6.98. The van der Waals surface area contributed by atoms with E-state index in [-0.39, 0.29) is 5.60 Å². The van der Waals surface area contributed by atoms with Crippen LogP contribution >= 0.6 is 0 Å². The molecule has 17 heavy (non-hydrogen) atoms. The molecular weight excluding hydrogens is 212 g/mol. The Kier molecular flexibility index (Phi) is 2.81. The van der Waals surface area contributed by atoms with Gasteiger partial charge in [0.25, 0.3) is 0 Å². The predicted molar refractivity (Wildman–Crippen MR) is 69.4 cm³/mol. The lowest BCUT2D eigenvalue weighted by Crippen LogP contribution is -2.31. The zero-order chi connectivity index (χ0) is 11.7. The molecule has 1 spiro atoms. The van der Waals surface area contributed by atoms with Gasteiger partial charge in [-0.1, -0.05) is 12.1 Å². The number of ether oxygens (including phenoxy) is 1. The van der Waals surface area contributed by atoms with Gasteiger partial charge in [-0.3, -0.25) is 0 Å². The first-order valence-corrected chi connectivity index (χ1v) is 6.44. The van der Waals surface area contributed by atoms with Gasteiger partial charge in [0.2, 0.25) is 0 Å². The zero-order valence-electron chi connectivity index (χ0n) is 10.3. The maximum absolute atomic E-state index is 5.99. The van der Waals surface area contributed by atoms with Crippen molar-refractivity contribution in [2.24, 2.45) is 0 Å². The topological polar surface area (TPSA) is 33.3 Å². The van der Waals surface area contributed by atoms with E-state index in [2.05, 4.69) is 41.8 Å². The third kappa shape index (κ3) is 2.31. The molecule has 3 heteroatoms. The van der Waals surface area contributed by atoms with E-state index < -0.39 is 0 Å². The Labute approximate surface area is 103 Å². The van der Waals surface area contributed by atoms with E-state index >= 15 is 0 Å². The summed E-state index contributed by atoms with van der Waals surface area (Å²) < 4.78 is 5.99. The zero-order valence-corrected chi connectivity index (χ0v) is 10.3. The Morgan fingerprint density at radius 2 is 2.41 bits per heavy atom. The molecule has 3 nitrogen and oxygen atoms in total. The second-order valence-corrected chi connectivity index (χ2v) is 5.34. The van der Waals surface area contributed by atoms with Crippen LogP contribution in [0.5, 0.6) is 0 Å². The molecular formula is C14H20N2O. The highest BCUT2D eigenvalue weighted by molar-refractivity contribution is 5.46. The van der Waals surface area contributed by atoms with Gasteiger partial charge in [-0.25, -0.2) is 0 Å². The van der Waals surface area contributed by atoms with Crippen molar-refractivity contribution in [2.45, 2.75) is 31.4 Å². The summed E-state index contributed by atoms with van der Waals surface area (Å²) in [5.74, 6) is 0. The van der Waals surface area contributed by atoms with Crippen molar-refractivity contribution in [2.75, 3.05) is 25.0 Å². The molecule has 1 aromatic rings. The molecule has 2 fully saturated rings. The Morgan fingerprint density at radius 3 is 3.18 bits per heavy atom. The third-order valence-electron chi connectivity index (χ3n) is 3.80. The van der Waals surface area contributed by atoms with Gasteiger partial charge in [-0.05, 0) is 37.6 Å². The number of hydrogen-bond donors (Lipinski definition) is 2. The molecule has 2 heterocycles. The smallest absolute Gasteiger partial charge is 0.0839 e. The standard InChI is InChI=1S/C14H20N2O/c1-11-3-2-4-12(7-11)16-13-8-14(17-9-13)5-6-15-10-14/h2-4,7,13,15-16H,5-6,8-10H2,1H3/t13-,14-/m0/s1. The van der Waals surface area contributed by atoms with Crippen LogP contribution in [0.3, 0.4) is 0 Å². The van der Waals surface area contributed by atoms with Crippen molar-refractivity contribution in [3.63, 3.8) is 0 Å². The third-order valence-corrected chi connectivity index (χ3v) is 3.80. The molecule has 2 aliphatic heterocycles. The minimum absolute atomic E-state index is 0.113. The van der Waals surface area contributed by atoms with Gasteiger partial charge in [0.15, 0.2) is 0 Å². The van der Waals surface area contributed by atoms with Crippen molar-refractivity contribution in [3.8, 4) is 0 Å². The minimum Gasteiger partial charge on any atom is -0.380 e. The number of rotatable bonds is 2. The maximum atomic E-state index is 5.99. The summed E-state index contributed by atoms with van der Waals surface area (Å²) in [6.07, 6.45) is 2.27. The molecule has 2 N–H and O–H groups in total. The van der Waals surface area contributed by atoms with Gasteiger partial charge >= 0.3 is 0 Å². The highest BCUT2D eigenvalue weighted by Crippen LogP contribution is 2.32. The molecule has 2 aliphatic rings. The molecule has 0 radical (unpaired) electrons. The lowest BCUT2D eigenvalue weighted by Gasteiger charge is -2.20. The fourth-order valence-corrected chi connectivity index (χ4v) is 2.93. The van der Waals surface area contributed by atoms with E-state index in [1.807, 2.05) is 0 Å². The van der Waals surface area contributed by atoms with Crippen LogP contribution in [0.25, 0.3) is 0 Å². The van der Waals surface area contributed by atoms with E-state index in [0.29, 0.717) is 6.04 Å². The van der Waals surface area contributed by atoms with Crippen molar-refractivity contribution in [1.82, 2.24) is 5.32 Å². The summed E-state index contributed by atoms with van der Waals surface area (Å²) in [7, 11) is 0. The summed E-state index contributed by atoms with van der Waals surface area (Å²) in [5.41, 5.74) is 2.62. The Hall–Kier alpha value is -1.06. The van der Waals surface area contributed by atoms with Gasteiger partial charge in [-0.2, -0.15) is 0 Å². The Balaban J connectivity index is 1.64. The minimum atomic E-state index is 0.113. The van der Waals surface area contributed by atoms with E-state index in [4.69, 9.17) is 4.74 Å². The molecule has 3 rings (SSSR count). The average Bonchev–Trinajstić information content (AvgIpc) is 2.90. The highest BCUT2D eigenvalue weighted by Gasteiger charge is 2.42. The number of hydrogen-bond acceptors (Lipinski definition) is 3. The fourth-order valence-electron chi connectivity index (χ4n) is 2.93. The van der Waals surface area contributed by atoms with Gasteiger partial charge in [0.1, 0.15) is 0 Å². The molecule has 92 valence electrons. The second-order valence-electron chi connectivity index (χ2n) is 5.34. The van der Waals surface area contributed by atoms with Crippen LogP contribution in [0.15, 0.2) is 24.3 Å². The molecule has 0 bridgehead atoms. The van der Waals surface area contributed by atoms with Gasteiger partial charge in [-0.15, -0.1) is 0 Å². The Morgan fingerprint density at radius 1 is 1.47 bits per heavy atom. The monoisotopic (exact) mass is 232 g/mol. The first-order chi connectivity index (χ1) is 8.26. The number of nitrogens with one attached hydrogen (secondary N) is 2. The van der Waals surface area contributed by atoms with Crippen molar-refractivity contribution >= 4 is 5.69 Å². The number of aryl methyl sites for hydroxylation is 1. The highest BCUT2D eigenvalue weighted by atomic mass is 16.5. The molecule has 0 aliphatic carbocycles. The summed E-state index contributed by atoms with van der Waals surface area (Å²) in [6.45, 7) is 5.06. The first-order valence-electron chi connectivity index (χ1n) is 6.44. The van der Waals surface area contributed by atoms with Crippen LogP contribution < -0.4 is 10.6 Å². The SMILES string of the molecule is Cc1cccc(N[C@@H]2CO[C@@]3(CCNC3)C2)c1. The van der Waals surface area contributed by atoms with Crippen LogP contribution in [0, 0.1) is 6.92 Å². The normalized spacial score (nSPS) is 32.2. The molecule has 1 aromatic carbocycles. The number of benzene rings is 1. The lowest BCUT2D eigenvalue weighted by atomic mass is 9.97. The largest absolute Gasteiger partial charge is 0.380 e. The summed E-state index contributed by atoms with van der Waals surface area (Å²) >= 11 is 0. The molecule has 2 atom stereocenters. The van der Waals surface area contributed by atoms with Crippen molar-refractivity contribution in [3.05, 3.63) is 29.8 Å². The van der Waals surface area contributed by atoms with E-state index in [1.165, 1.54) is 11.3 Å². The Bertz CT molecular complexity index is 399. The lowest BCUT2D eigenvalue weighted by molar-refractivity contribution is 0.0214. The number of anilines is 1. The molecule has 0 aromatic heterocycles. The van der Waals surface area contributed by atoms with Crippen molar-refractivity contribution < 1.29 is 4.74 Å².